The number of hydrogen-bond acceptors (Lipinski definition) is 2. The maximum absolute atomic E-state index is 13.0. The van der Waals surface area contributed by atoms with Crippen molar-refractivity contribution in [1.82, 2.24) is 9.38 Å². The van der Waals surface area contributed by atoms with Crippen molar-refractivity contribution in [2.24, 2.45) is 5.73 Å². The van der Waals surface area contributed by atoms with Crippen molar-refractivity contribution < 1.29 is 8.78 Å². The predicted molar refractivity (Wildman–Crippen MR) is 52.9 cm³/mol. The van der Waals surface area contributed by atoms with E-state index in [2.05, 4.69) is 4.98 Å². The molecule has 0 aliphatic heterocycles. The normalized spacial score (nSPS) is 12.2. The van der Waals surface area contributed by atoms with Crippen LogP contribution in [0.25, 0.3) is 5.65 Å². The molecule has 0 saturated heterocycles. The van der Waals surface area contributed by atoms with Gasteiger partial charge in [0, 0.05) is 12.4 Å². The van der Waals surface area contributed by atoms with Crippen LogP contribution >= 0.6 is 0 Å². The van der Waals surface area contributed by atoms with Gasteiger partial charge in [-0.2, -0.15) is 0 Å². The molecule has 2 rings (SSSR count). The van der Waals surface area contributed by atoms with E-state index in [1.165, 1.54) is 0 Å². The van der Waals surface area contributed by atoms with Crippen molar-refractivity contribution in [2.45, 2.75) is 12.3 Å². The molecular weight excluding hydrogens is 200 g/mol. The van der Waals surface area contributed by atoms with Crippen molar-refractivity contribution in [3.63, 3.8) is 0 Å². The third-order valence-electron chi connectivity index (χ3n) is 2.15. The molecule has 0 radical (unpaired) electrons. The molecule has 5 heteroatoms. The second kappa shape index (κ2) is 3.58. The minimum absolute atomic E-state index is 0.358. The Balaban J connectivity index is 2.30. The summed E-state index contributed by atoms with van der Waals surface area (Å²) in [6, 6.07) is 5.40. The summed E-state index contributed by atoms with van der Waals surface area (Å²) in [4.78, 5) is 4.07. The zero-order valence-electron chi connectivity index (χ0n) is 8.03. The lowest BCUT2D eigenvalue weighted by atomic mass is 10.2. The number of pyridine rings is 1. The summed E-state index contributed by atoms with van der Waals surface area (Å²) < 4.78 is 27.7. The number of nitrogens with two attached hydrogens (primary N) is 1. The fraction of sp³-hybridized carbons (Fsp3) is 0.300. The van der Waals surface area contributed by atoms with Gasteiger partial charge in [-0.25, -0.2) is 13.8 Å². The molecule has 0 aliphatic carbocycles. The van der Waals surface area contributed by atoms with E-state index < -0.39 is 18.9 Å². The lowest BCUT2D eigenvalue weighted by Gasteiger charge is -2.10. The Labute approximate surface area is 85.5 Å². The van der Waals surface area contributed by atoms with Gasteiger partial charge in [-0.3, -0.25) is 0 Å². The number of hydrogen-bond donors (Lipinski definition) is 1. The van der Waals surface area contributed by atoms with E-state index in [0.717, 1.165) is 0 Å². The summed E-state index contributed by atoms with van der Waals surface area (Å²) in [6.45, 7) is -0.652. The number of alkyl halides is 2. The van der Waals surface area contributed by atoms with Crippen LogP contribution in [-0.4, -0.2) is 21.9 Å². The lowest BCUT2D eigenvalue weighted by Crippen LogP contribution is -2.30. The molecule has 0 unspecified atom stereocenters. The molecule has 2 aromatic rings. The van der Waals surface area contributed by atoms with Gasteiger partial charge in [0.15, 0.2) is 0 Å². The zero-order valence-corrected chi connectivity index (χ0v) is 8.03. The highest BCUT2D eigenvalue weighted by Crippen LogP contribution is 2.18. The van der Waals surface area contributed by atoms with Crippen molar-refractivity contribution >= 4 is 5.65 Å². The molecule has 0 amide bonds. The van der Waals surface area contributed by atoms with Crippen LogP contribution in [0.3, 0.4) is 0 Å². The van der Waals surface area contributed by atoms with Gasteiger partial charge in [-0.15, -0.1) is 0 Å². The van der Waals surface area contributed by atoms with Gasteiger partial charge in [-0.05, 0) is 12.1 Å². The Morgan fingerprint density at radius 2 is 2.20 bits per heavy atom. The Morgan fingerprint density at radius 3 is 2.87 bits per heavy atom. The van der Waals surface area contributed by atoms with Gasteiger partial charge in [-0.1, -0.05) is 6.07 Å². The van der Waals surface area contributed by atoms with Gasteiger partial charge in [0.05, 0.1) is 18.7 Å². The molecule has 0 spiro atoms. The third-order valence-corrected chi connectivity index (χ3v) is 2.15. The summed E-state index contributed by atoms with van der Waals surface area (Å²) >= 11 is 0. The minimum Gasteiger partial charge on any atom is -0.325 e. The standard InChI is InChI=1S/C10H11F2N3/c11-10(12,7-13)5-8-6-15-4-2-1-3-9(15)14-8/h1-4,6H,5,7,13H2. The van der Waals surface area contributed by atoms with E-state index in [4.69, 9.17) is 5.73 Å². The lowest BCUT2D eigenvalue weighted by molar-refractivity contribution is 0.0107. The fourth-order valence-corrected chi connectivity index (χ4v) is 1.41. The Bertz CT molecular complexity index is 431. The Morgan fingerprint density at radius 1 is 1.40 bits per heavy atom. The van der Waals surface area contributed by atoms with Gasteiger partial charge in [0.2, 0.25) is 0 Å². The quantitative estimate of drug-likeness (QED) is 0.835. The molecule has 0 bridgehead atoms. The predicted octanol–water partition coefficient (Wildman–Crippen LogP) is 1.47. The van der Waals surface area contributed by atoms with Crippen LogP contribution in [-0.2, 0) is 6.42 Å². The fourth-order valence-electron chi connectivity index (χ4n) is 1.41. The SMILES string of the molecule is NCC(F)(F)Cc1cn2ccccc2n1. The largest absolute Gasteiger partial charge is 0.325 e. The first-order chi connectivity index (χ1) is 7.11. The second-order valence-corrected chi connectivity index (χ2v) is 3.44. The molecule has 2 heterocycles. The second-order valence-electron chi connectivity index (χ2n) is 3.44. The smallest absolute Gasteiger partial charge is 0.265 e. The number of rotatable bonds is 3. The summed E-state index contributed by atoms with van der Waals surface area (Å²) in [5, 5.41) is 0. The molecule has 2 N–H and O–H groups in total. The van der Waals surface area contributed by atoms with Crippen molar-refractivity contribution in [3.05, 3.63) is 36.3 Å². The molecule has 0 atom stereocenters. The van der Waals surface area contributed by atoms with Crippen LogP contribution in [0.1, 0.15) is 5.69 Å². The summed E-state index contributed by atoms with van der Waals surface area (Å²) in [5.41, 5.74) is 5.99. The molecular formula is C10H11F2N3. The first-order valence-corrected chi connectivity index (χ1v) is 4.61. The molecule has 15 heavy (non-hydrogen) atoms. The van der Waals surface area contributed by atoms with E-state index in [1.807, 2.05) is 12.1 Å². The average molecular weight is 211 g/mol. The van der Waals surface area contributed by atoms with Gasteiger partial charge >= 0.3 is 0 Å². The Kier molecular flexibility index (Phi) is 2.40. The van der Waals surface area contributed by atoms with Crippen LogP contribution in [0.15, 0.2) is 30.6 Å². The summed E-state index contributed by atoms with van der Waals surface area (Å²) in [5.74, 6) is -2.88. The maximum atomic E-state index is 13.0. The molecule has 80 valence electrons. The molecule has 0 aliphatic rings. The van der Waals surface area contributed by atoms with Crippen LogP contribution in [0.4, 0.5) is 8.78 Å². The topological polar surface area (TPSA) is 43.3 Å². The number of aromatic nitrogens is 2. The van der Waals surface area contributed by atoms with Crippen LogP contribution in [0, 0.1) is 0 Å². The van der Waals surface area contributed by atoms with E-state index in [-0.39, 0.29) is 0 Å². The minimum atomic E-state index is -2.88. The van der Waals surface area contributed by atoms with Crippen molar-refractivity contribution in [3.8, 4) is 0 Å². The zero-order chi connectivity index (χ0) is 10.9. The van der Waals surface area contributed by atoms with Gasteiger partial charge in [0.25, 0.3) is 5.92 Å². The van der Waals surface area contributed by atoms with Crippen LogP contribution in [0.5, 0.6) is 0 Å². The summed E-state index contributed by atoms with van der Waals surface area (Å²) in [6.07, 6.45) is 2.95. The number of halogens is 2. The van der Waals surface area contributed by atoms with Crippen LogP contribution < -0.4 is 5.73 Å². The molecule has 3 nitrogen and oxygen atoms in total. The van der Waals surface area contributed by atoms with Crippen molar-refractivity contribution in [2.75, 3.05) is 6.54 Å². The third kappa shape index (κ3) is 2.12. The van der Waals surface area contributed by atoms with E-state index in [0.29, 0.717) is 11.3 Å². The van der Waals surface area contributed by atoms with Gasteiger partial charge in [0.1, 0.15) is 5.65 Å². The van der Waals surface area contributed by atoms with Gasteiger partial charge < -0.3 is 10.1 Å². The van der Waals surface area contributed by atoms with Crippen LogP contribution in [0.2, 0.25) is 0 Å². The highest BCUT2D eigenvalue weighted by Gasteiger charge is 2.28. The van der Waals surface area contributed by atoms with E-state index in [9.17, 15) is 8.78 Å². The monoisotopic (exact) mass is 211 g/mol. The van der Waals surface area contributed by atoms with Crippen molar-refractivity contribution in [1.29, 1.82) is 0 Å². The first-order valence-electron chi connectivity index (χ1n) is 4.61. The first kappa shape index (κ1) is 10.0. The molecule has 2 aromatic heterocycles. The summed E-state index contributed by atoms with van der Waals surface area (Å²) in [7, 11) is 0. The van der Waals surface area contributed by atoms with E-state index in [1.54, 1.807) is 22.9 Å². The number of imidazole rings is 1. The highest BCUT2D eigenvalue weighted by molar-refractivity contribution is 5.39. The maximum Gasteiger partial charge on any atom is 0.265 e. The molecule has 0 saturated carbocycles. The number of fused-ring (bicyclic) bond motifs is 1. The average Bonchev–Trinajstić information content (AvgIpc) is 2.58. The highest BCUT2D eigenvalue weighted by atomic mass is 19.3. The Hall–Kier alpha value is -1.49. The molecule has 0 fully saturated rings. The van der Waals surface area contributed by atoms with E-state index >= 15 is 0 Å². The molecule has 0 aromatic carbocycles. The number of nitrogens with zero attached hydrogens (tertiary/aromatic N) is 2.